The van der Waals surface area contributed by atoms with Crippen LogP contribution in [-0.2, 0) is 9.47 Å². The van der Waals surface area contributed by atoms with Gasteiger partial charge in [-0.3, -0.25) is 4.72 Å². The van der Waals surface area contributed by atoms with Gasteiger partial charge in [-0.05, 0) is 47.1 Å². The molecule has 0 aliphatic carbocycles. The molecule has 0 spiro atoms. The van der Waals surface area contributed by atoms with Crippen LogP contribution in [0.5, 0.6) is 0 Å². The Morgan fingerprint density at radius 3 is 1.96 bits per heavy atom. The van der Waals surface area contributed by atoms with Crippen molar-refractivity contribution in [3.8, 4) is 0 Å². The molecular formula is C18H28N4O5S. The van der Waals surface area contributed by atoms with Gasteiger partial charge in [0.2, 0.25) is 0 Å². The van der Waals surface area contributed by atoms with Crippen LogP contribution >= 0.6 is 12.8 Å². The molecule has 0 aromatic heterocycles. The Hall–Kier alpha value is -2.62. The molecule has 1 rings (SSSR count). The normalized spacial score (nSPS) is 12.4. The van der Waals surface area contributed by atoms with Crippen molar-refractivity contribution in [1.29, 1.82) is 0 Å². The van der Waals surface area contributed by atoms with Gasteiger partial charge in [-0.2, -0.15) is 5.01 Å². The van der Waals surface area contributed by atoms with Gasteiger partial charge in [-0.25, -0.2) is 19.8 Å². The Balaban J connectivity index is 3.27. The van der Waals surface area contributed by atoms with Crippen molar-refractivity contribution in [2.24, 2.45) is 0 Å². The topological polar surface area (TPSA) is 109 Å². The summed E-state index contributed by atoms with van der Waals surface area (Å²) in [6.07, 6.45) is -2.85. The number of amides is 4. The average Bonchev–Trinajstić information content (AvgIpc) is 2.55. The molecule has 9 nitrogen and oxygen atoms in total. The molecule has 156 valence electrons. The van der Waals surface area contributed by atoms with Crippen LogP contribution in [0, 0.1) is 0 Å². The Labute approximate surface area is 170 Å². The summed E-state index contributed by atoms with van der Waals surface area (Å²) >= 11 is 3.71. The van der Waals surface area contributed by atoms with Crippen LogP contribution in [0.3, 0.4) is 0 Å². The summed E-state index contributed by atoms with van der Waals surface area (Å²) in [5.74, 6) is 0. The number of rotatable bonds is 3. The molecule has 10 heteroatoms. The molecule has 0 aliphatic heterocycles. The molecule has 0 fully saturated rings. The number of hydrogen-bond acceptors (Lipinski definition) is 6. The first kappa shape index (κ1) is 23.4. The van der Waals surface area contributed by atoms with E-state index in [2.05, 4.69) is 28.3 Å². The maximum atomic E-state index is 12.8. The molecule has 4 amide bonds. The maximum absolute atomic E-state index is 12.8. The summed E-state index contributed by atoms with van der Waals surface area (Å²) < 4.78 is 12.7. The van der Waals surface area contributed by atoms with Gasteiger partial charge < -0.3 is 14.8 Å². The number of benzene rings is 1. The fourth-order valence-electron chi connectivity index (χ4n) is 2.01. The molecule has 1 aromatic rings. The summed E-state index contributed by atoms with van der Waals surface area (Å²) in [5.41, 5.74) is 1.24. The van der Waals surface area contributed by atoms with E-state index < -0.39 is 35.6 Å². The highest BCUT2D eigenvalue weighted by atomic mass is 32.1. The number of carbonyl (C=O) groups excluding carboxylic acids is 3. The highest BCUT2D eigenvalue weighted by molar-refractivity contribution is 7.78. The van der Waals surface area contributed by atoms with Gasteiger partial charge >= 0.3 is 18.2 Å². The second kappa shape index (κ2) is 9.54. The van der Waals surface area contributed by atoms with Crippen molar-refractivity contribution in [1.82, 2.24) is 20.5 Å². The van der Waals surface area contributed by atoms with Crippen molar-refractivity contribution in [3.05, 3.63) is 35.9 Å². The van der Waals surface area contributed by atoms with Crippen LogP contribution in [0.15, 0.2) is 30.3 Å². The van der Waals surface area contributed by atoms with Crippen molar-refractivity contribution >= 4 is 31.0 Å². The molecule has 0 bridgehead atoms. The van der Waals surface area contributed by atoms with E-state index in [0.717, 1.165) is 5.01 Å². The van der Waals surface area contributed by atoms with E-state index in [1.165, 1.54) is 0 Å². The van der Waals surface area contributed by atoms with Crippen LogP contribution in [0.2, 0.25) is 0 Å². The Morgan fingerprint density at radius 1 is 0.964 bits per heavy atom. The van der Waals surface area contributed by atoms with Crippen LogP contribution in [-0.4, -0.2) is 34.4 Å². The number of nitrogens with zero attached hydrogens (tertiary/aromatic N) is 1. The highest BCUT2D eigenvalue weighted by Gasteiger charge is 2.33. The van der Waals surface area contributed by atoms with E-state index in [1.54, 1.807) is 71.9 Å². The summed E-state index contributed by atoms with van der Waals surface area (Å²) in [4.78, 5) is 37.0. The molecule has 0 heterocycles. The Bertz CT molecular complexity index is 685. The maximum Gasteiger partial charge on any atom is 0.431 e. The van der Waals surface area contributed by atoms with E-state index in [4.69, 9.17) is 9.47 Å². The third-order valence-corrected chi connectivity index (χ3v) is 3.15. The molecule has 0 saturated carbocycles. The predicted molar refractivity (Wildman–Crippen MR) is 107 cm³/mol. The lowest BCUT2D eigenvalue weighted by Gasteiger charge is -2.34. The number of urea groups is 1. The zero-order chi connectivity index (χ0) is 21.5. The molecule has 0 radical (unpaired) electrons. The summed E-state index contributed by atoms with van der Waals surface area (Å²) in [6.45, 7) is 10.1. The molecule has 3 N–H and O–H groups in total. The number of nitrogens with one attached hydrogen (secondary N) is 3. The second-order valence-corrected chi connectivity index (χ2v) is 8.09. The van der Waals surface area contributed by atoms with Crippen LogP contribution in [0.25, 0.3) is 0 Å². The van der Waals surface area contributed by atoms with Crippen molar-refractivity contribution < 1.29 is 23.9 Å². The fourth-order valence-corrected chi connectivity index (χ4v) is 2.08. The monoisotopic (exact) mass is 412 g/mol. The SMILES string of the molecule is CC(C)(C)OC(=O)NN(C(=O)OC(C)(C)C)C(NC(=O)NS)c1ccccc1. The molecule has 0 saturated heterocycles. The summed E-state index contributed by atoms with van der Waals surface area (Å²) in [5, 5.41) is 3.41. The van der Waals surface area contributed by atoms with Crippen LogP contribution in [0.4, 0.5) is 14.4 Å². The third kappa shape index (κ3) is 8.38. The lowest BCUT2D eigenvalue weighted by molar-refractivity contribution is -0.0126. The second-order valence-electron chi connectivity index (χ2n) is 7.86. The van der Waals surface area contributed by atoms with Crippen molar-refractivity contribution in [2.75, 3.05) is 0 Å². The van der Waals surface area contributed by atoms with Crippen molar-refractivity contribution in [3.63, 3.8) is 0 Å². The minimum absolute atomic E-state index is 0.515. The van der Waals surface area contributed by atoms with E-state index >= 15 is 0 Å². The Kier molecular flexibility index (Phi) is 7.98. The number of thiol groups is 1. The summed E-state index contributed by atoms with van der Waals surface area (Å²) in [7, 11) is 0. The molecule has 1 atom stereocenters. The number of hydrogen-bond donors (Lipinski definition) is 4. The zero-order valence-corrected chi connectivity index (χ0v) is 17.8. The van der Waals surface area contributed by atoms with Gasteiger partial charge in [0.15, 0.2) is 6.17 Å². The van der Waals surface area contributed by atoms with Crippen molar-refractivity contribution in [2.45, 2.75) is 58.9 Å². The number of hydrazine groups is 1. The van der Waals surface area contributed by atoms with E-state index in [9.17, 15) is 14.4 Å². The van der Waals surface area contributed by atoms with Gasteiger partial charge in [0.1, 0.15) is 11.2 Å². The lowest BCUT2D eigenvalue weighted by Crippen LogP contribution is -2.56. The van der Waals surface area contributed by atoms with Crippen LogP contribution in [0.1, 0.15) is 53.3 Å². The van der Waals surface area contributed by atoms with Gasteiger partial charge in [0.25, 0.3) is 0 Å². The van der Waals surface area contributed by atoms with E-state index in [1.807, 2.05) is 0 Å². The quantitative estimate of drug-likeness (QED) is 0.345. The minimum Gasteiger partial charge on any atom is -0.443 e. The van der Waals surface area contributed by atoms with Gasteiger partial charge in [0.05, 0.1) is 0 Å². The van der Waals surface area contributed by atoms with Gasteiger partial charge in [-0.1, -0.05) is 43.1 Å². The van der Waals surface area contributed by atoms with Crippen LogP contribution < -0.4 is 15.5 Å². The standard InChI is InChI=1S/C18H28N4O5S/c1-17(2,3)26-15(24)20-22(16(25)27-18(4,5)6)13(19-14(23)21-28)12-10-8-7-9-11-12/h7-11,13,28H,1-6H3,(H,20,24)(H2,19,21,23). The minimum atomic E-state index is -1.09. The van der Waals surface area contributed by atoms with E-state index in [-0.39, 0.29) is 0 Å². The number of ether oxygens (including phenoxy) is 2. The lowest BCUT2D eigenvalue weighted by atomic mass is 10.1. The largest absolute Gasteiger partial charge is 0.443 e. The fraction of sp³-hybridized carbons (Fsp3) is 0.500. The summed E-state index contributed by atoms with van der Waals surface area (Å²) in [6, 6.07) is 7.90. The highest BCUT2D eigenvalue weighted by Crippen LogP contribution is 2.20. The molecule has 1 aromatic carbocycles. The Morgan fingerprint density at radius 2 is 1.50 bits per heavy atom. The first-order valence-electron chi connectivity index (χ1n) is 8.60. The first-order chi connectivity index (χ1) is 12.8. The smallest absolute Gasteiger partial charge is 0.431 e. The predicted octanol–water partition coefficient (Wildman–Crippen LogP) is 3.51. The first-order valence-corrected chi connectivity index (χ1v) is 9.04. The molecular weight excluding hydrogens is 384 g/mol. The third-order valence-electron chi connectivity index (χ3n) is 2.94. The molecule has 28 heavy (non-hydrogen) atoms. The van der Waals surface area contributed by atoms with Gasteiger partial charge in [0, 0.05) is 0 Å². The molecule has 1 unspecified atom stereocenters. The molecule has 0 aliphatic rings. The number of carbonyl (C=O) groups is 3. The zero-order valence-electron chi connectivity index (χ0n) is 16.9. The van der Waals surface area contributed by atoms with Gasteiger partial charge in [-0.15, -0.1) is 0 Å². The average molecular weight is 413 g/mol. The van der Waals surface area contributed by atoms with E-state index in [0.29, 0.717) is 5.56 Å².